The van der Waals surface area contributed by atoms with Crippen LogP contribution < -0.4 is 0 Å². The molecule has 1 atom stereocenters. The normalized spacial score (nSPS) is 17.6. The fraction of sp³-hybridized carbons (Fsp3) is 0.421. The SMILES string of the molecule is OC(c1c(Cc2ccccc2)sc2cncn12)C1CCCCC1. The first-order chi connectivity index (χ1) is 11.3. The Morgan fingerprint density at radius 1 is 1.17 bits per heavy atom. The molecule has 0 radical (unpaired) electrons. The second-order valence-electron chi connectivity index (χ2n) is 6.52. The molecule has 120 valence electrons. The monoisotopic (exact) mass is 326 g/mol. The van der Waals surface area contributed by atoms with Crippen LogP contribution in [-0.4, -0.2) is 14.5 Å². The van der Waals surface area contributed by atoms with Crippen molar-refractivity contribution in [1.82, 2.24) is 9.38 Å². The summed E-state index contributed by atoms with van der Waals surface area (Å²) in [5.41, 5.74) is 2.36. The molecule has 23 heavy (non-hydrogen) atoms. The minimum Gasteiger partial charge on any atom is -0.387 e. The summed E-state index contributed by atoms with van der Waals surface area (Å²) in [4.78, 5) is 6.66. The standard InChI is InChI=1S/C19H22N2OS/c22-19(15-9-5-2-6-10-15)18-16(11-14-7-3-1-4-8-14)23-17-12-20-13-21(17)18/h1,3-4,7-8,12-13,15,19,22H,2,5-6,9-11H2. The molecule has 1 fully saturated rings. The molecule has 0 bridgehead atoms. The van der Waals surface area contributed by atoms with Gasteiger partial charge in [-0.2, -0.15) is 0 Å². The Morgan fingerprint density at radius 2 is 1.96 bits per heavy atom. The molecule has 4 heteroatoms. The fourth-order valence-electron chi connectivity index (χ4n) is 3.74. The van der Waals surface area contributed by atoms with Crippen molar-refractivity contribution in [3.05, 3.63) is 59.0 Å². The minimum atomic E-state index is -0.378. The number of aromatic nitrogens is 2. The van der Waals surface area contributed by atoms with E-state index >= 15 is 0 Å². The van der Waals surface area contributed by atoms with E-state index in [9.17, 15) is 5.11 Å². The Bertz CT molecular complexity index is 771. The number of aliphatic hydroxyl groups excluding tert-OH is 1. The lowest BCUT2D eigenvalue weighted by Crippen LogP contribution is -2.18. The van der Waals surface area contributed by atoms with Crippen LogP contribution in [0.25, 0.3) is 4.83 Å². The smallest absolute Gasteiger partial charge is 0.120 e. The van der Waals surface area contributed by atoms with Crippen LogP contribution in [0.4, 0.5) is 0 Å². The number of imidazole rings is 1. The van der Waals surface area contributed by atoms with E-state index in [0.717, 1.165) is 29.8 Å². The third kappa shape index (κ3) is 2.93. The Hall–Kier alpha value is -1.65. The number of hydrogen-bond acceptors (Lipinski definition) is 3. The first kappa shape index (κ1) is 14.9. The third-order valence-electron chi connectivity index (χ3n) is 4.96. The quantitative estimate of drug-likeness (QED) is 0.761. The maximum absolute atomic E-state index is 11.1. The van der Waals surface area contributed by atoms with Gasteiger partial charge in [0.2, 0.25) is 0 Å². The van der Waals surface area contributed by atoms with Gasteiger partial charge in [-0.05, 0) is 24.3 Å². The first-order valence-corrected chi connectivity index (χ1v) is 9.30. The second kappa shape index (κ2) is 6.46. The summed E-state index contributed by atoms with van der Waals surface area (Å²) in [6.45, 7) is 0. The lowest BCUT2D eigenvalue weighted by molar-refractivity contribution is 0.0799. The lowest BCUT2D eigenvalue weighted by atomic mass is 9.83. The number of fused-ring (bicyclic) bond motifs is 1. The lowest BCUT2D eigenvalue weighted by Gasteiger charge is -2.27. The molecule has 2 heterocycles. The minimum absolute atomic E-state index is 0.378. The number of hydrogen-bond donors (Lipinski definition) is 1. The van der Waals surface area contributed by atoms with Crippen molar-refractivity contribution >= 4 is 16.2 Å². The molecule has 1 aromatic carbocycles. The number of benzene rings is 1. The van der Waals surface area contributed by atoms with Gasteiger partial charge in [0.25, 0.3) is 0 Å². The Kier molecular flexibility index (Phi) is 4.19. The number of nitrogens with zero attached hydrogens (tertiary/aromatic N) is 2. The number of rotatable bonds is 4. The van der Waals surface area contributed by atoms with Crippen LogP contribution in [0.3, 0.4) is 0 Å². The van der Waals surface area contributed by atoms with Crippen LogP contribution in [0.2, 0.25) is 0 Å². The Morgan fingerprint density at radius 3 is 2.74 bits per heavy atom. The summed E-state index contributed by atoms with van der Waals surface area (Å²) in [7, 11) is 0. The highest BCUT2D eigenvalue weighted by Crippen LogP contribution is 2.39. The molecule has 3 nitrogen and oxygen atoms in total. The van der Waals surface area contributed by atoms with Gasteiger partial charge in [0.1, 0.15) is 11.2 Å². The van der Waals surface area contributed by atoms with Crippen molar-refractivity contribution in [2.45, 2.75) is 44.6 Å². The van der Waals surface area contributed by atoms with Gasteiger partial charge in [0, 0.05) is 11.3 Å². The molecule has 0 spiro atoms. The molecule has 1 N–H and O–H groups in total. The fourth-order valence-corrected chi connectivity index (χ4v) is 4.91. The number of thiazole rings is 1. The average molecular weight is 326 g/mol. The van der Waals surface area contributed by atoms with E-state index in [0.29, 0.717) is 5.92 Å². The van der Waals surface area contributed by atoms with E-state index in [-0.39, 0.29) is 6.10 Å². The van der Waals surface area contributed by atoms with Crippen molar-refractivity contribution < 1.29 is 5.11 Å². The molecule has 1 unspecified atom stereocenters. The topological polar surface area (TPSA) is 37.5 Å². The third-order valence-corrected chi connectivity index (χ3v) is 6.07. The summed E-state index contributed by atoms with van der Waals surface area (Å²) in [6.07, 6.45) is 10.3. The molecule has 2 aromatic heterocycles. The van der Waals surface area contributed by atoms with Crippen LogP contribution >= 0.6 is 11.3 Å². The van der Waals surface area contributed by atoms with Gasteiger partial charge in [-0.15, -0.1) is 11.3 Å². The summed E-state index contributed by atoms with van der Waals surface area (Å²) in [5.74, 6) is 0.387. The number of aliphatic hydroxyl groups is 1. The molecule has 0 aliphatic heterocycles. The largest absolute Gasteiger partial charge is 0.387 e. The zero-order valence-electron chi connectivity index (χ0n) is 13.2. The van der Waals surface area contributed by atoms with E-state index in [4.69, 9.17) is 0 Å². The van der Waals surface area contributed by atoms with E-state index in [1.54, 1.807) is 11.3 Å². The molecule has 0 saturated heterocycles. The van der Waals surface area contributed by atoms with Gasteiger partial charge >= 0.3 is 0 Å². The molecule has 4 rings (SSSR count). The first-order valence-electron chi connectivity index (χ1n) is 8.48. The van der Waals surface area contributed by atoms with Crippen LogP contribution in [0.5, 0.6) is 0 Å². The average Bonchev–Trinajstić information content (AvgIpc) is 3.17. The highest BCUT2D eigenvalue weighted by Gasteiger charge is 2.28. The summed E-state index contributed by atoms with van der Waals surface area (Å²) in [6, 6.07) is 10.5. The highest BCUT2D eigenvalue weighted by atomic mass is 32.1. The van der Waals surface area contributed by atoms with Crippen LogP contribution in [0, 0.1) is 5.92 Å². The molecule has 1 aliphatic rings. The molecule has 1 aliphatic carbocycles. The maximum Gasteiger partial charge on any atom is 0.120 e. The molecular formula is C19H22N2OS. The van der Waals surface area contributed by atoms with Crippen molar-refractivity contribution in [3.63, 3.8) is 0 Å². The second-order valence-corrected chi connectivity index (χ2v) is 7.63. The van der Waals surface area contributed by atoms with Crippen molar-refractivity contribution in [2.75, 3.05) is 0 Å². The highest BCUT2D eigenvalue weighted by molar-refractivity contribution is 7.17. The zero-order valence-corrected chi connectivity index (χ0v) is 14.0. The molecular weight excluding hydrogens is 304 g/mol. The van der Waals surface area contributed by atoms with Crippen molar-refractivity contribution in [3.8, 4) is 0 Å². The predicted octanol–water partition coefficient (Wildman–Crippen LogP) is 4.60. The van der Waals surface area contributed by atoms with Gasteiger partial charge in [0.05, 0.1) is 18.0 Å². The Labute approximate surface area is 140 Å². The van der Waals surface area contributed by atoms with E-state index in [1.165, 1.54) is 29.7 Å². The van der Waals surface area contributed by atoms with Crippen LogP contribution in [0.1, 0.15) is 54.3 Å². The summed E-state index contributed by atoms with van der Waals surface area (Å²) >= 11 is 1.76. The molecule has 3 aromatic rings. The van der Waals surface area contributed by atoms with Gasteiger partial charge < -0.3 is 5.11 Å². The summed E-state index contributed by atoms with van der Waals surface area (Å²) < 4.78 is 2.10. The molecule has 1 saturated carbocycles. The maximum atomic E-state index is 11.1. The van der Waals surface area contributed by atoms with E-state index in [1.807, 2.05) is 18.6 Å². The van der Waals surface area contributed by atoms with Crippen molar-refractivity contribution in [2.24, 2.45) is 5.92 Å². The van der Waals surface area contributed by atoms with Gasteiger partial charge in [-0.25, -0.2) is 4.98 Å². The van der Waals surface area contributed by atoms with Gasteiger partial charge in [-0.1, -0.05) is 49.6 Å². The van der Waals surface area contributed by atoms with E-state index < -0.39 is 0 Å². The van der Waals surface area contributed by atoms with Gasteiger partial charge in [0.15, 0.2) is 0 Å². The van der Waals surface area contributed by atoms with Gasteiger partial charge in [-0.3, -0.25) is 4.40 Å². The van der Waals surface area contributed by atoms with Crippen LogP contribution in [0.15, 0.2) is 42.9 Å². The van der Waals surface area contributed by atoms with Crippen LogP contribution in [-0.2, 0) is 6.42 Å². The molecule has 0 amide bonds. The summed E-state index contributed by atoms with van der Waals surface area (Å²) in [5, 5.41) is 11.1. The zero-order chi connectivity index (χ0) is 15.6. The predicted molar refractivity (Wildman–Crippen MR) is 93.9 cm³/mol. The Balaban J connectivity index is 1.71. The van der Waals surface area contributed by atoms with E-state index in [2.05, 4.69) is 33.7 Å². The van der Waals surface area contributed by atoms with Crippen molar-refractivity contribution in [1.29, 1.82) is 0 Å².